The number of nitrogens with one attached hydrogen (secondary N) is 4. The molecule has 0 spiro atoms. The second kappa shape index (κ2) is 19.3. The van der Waals surface area contributed by atoms with E-state index in [0.717, 1.165) is 77.4 Å². The van der Waals surface area contributed by atoms with Gasteiger partial charge in [0.05, 0.1) is 49.6 Å². The molecule has 350 valence electrons. The Labute approximate surface area is 392 Å². The van der Waals surface area contributed by atoms with Crippen LogP contribution < -0.4 is 10.6 Å². The maximum Gasteiger partial charge on any atom is 0.407 e. The van der Waals surface area contributed by atoms with Gasteiger partial charge in [-0.05, 0) is 94.9 Å². The molecule has 0 radical (unpaired) electrons. The predicted molar refractivity (Wildman–Crippen MR) is 257 cm³/mol. The number of imidazole rings is 2. The molecule has 6 atom stereocenters. The number of carbonyl (C=O) groups is 4. The van der Waals surface area contributed by atoms with E-state index < -0.39 is 24.3 Å². The van der Waals surface area contributed by atoms with Gasteiger partial charge in [-0.25, -0.2) is 19.6 Å². The van der Waals surface area contributed by atoms with Crippen LogP contribution in [0.1, 0.15) is 120 Å². The Morgan fingerprint density at radius 3 is 1.51 bits per heavy atom. The van der Waals surface area contributed by atoms with Gasteiger partial charge in [-0.15, -0.1) is 0 Å². The number of rotatable bonds is 14. The van der Waals surface area contributed by atoms with Crippen LogP contribution in [0.25, 0.3) is 44.8 Å². The van der Waals surface area contributed by atoms with Crippen molar-refractivity contribution in [3.05, 3.63) is 108 Å². The molecule has 9 rings (SSSR count). The lowest BCUT2D eigenvalue weighted by Crippen LogP contribution is -2.51. The number of hydrogen-bond donors (Lipinski definition) is 4. The number of likely N-dealkylation sites (tertiary alicyclic amines) is 2. The molecule has 5 aromatic rings. The molecular weight excluding hydrogens is 845 g/mol. The smallest absolute Gasteiger partial charge is 0.407 e. The van der Waals surface area contributed by atoms with Crippen molar-refractivity contribution in [2.45, 2.75) is 109 Å². The Kier molecular flexibility index (Phi) is 13.1. The lowest BCUT2D eigenvalue weighted by Gasteiger charge is -2.30. The van der Waals surface area contributed by atoms with E-state index in [1.807, 2.05) is 56.8 Å². The van der Waals surface area contributed by atoms with E-state index in [4.69, 9.17) is 19.4 Å². The Morgan fingerprint density at radius 1 is 0.657 bits per heavy atom. The molecule has 4 N–H and O–H groups in total. The van der Waals surface area contributed by atoms with Gasteiger partial charge in [-0.2, -0.15) is 0 Å². The molecule has 3 aromatic carbocycles. The van der Waals surface area contributed by atoms with Crippen LogP contribution in [0.15, 0.2) is 85.2 Å². The zero-order valence-corrected chi connectivity index (χ0v) is 39.3. The molecule has 2 aromatic heterocycles. The van der Waals surface area contributed by atoms with Crippen molar-refractivity contribution in [3.8, 4) is 44.8 Å². The number of allylic oxidation sites excluding steroid dienone is 2. The van der Waals surface area contributed by atoms with Crippen molar-refractivity contribution in [1.29, 1.82) is 0 Å². The van der Waals surface area contributed by atoms with Gasteiger partial charge in [0, 0.05) is 24.9 Å². The van der Waals surface area contributed by atoms with Crippen molar-refractivity contribution in [1.82, 2.24) is 40.4 Å². The summed E-state index contributed by atoms with van der Waals surface area (Å²) in [6.45, 7) is 11.1. The number of benzene rings is 3. The Hall–Kier alpha value is -6.70. The second-order valence-electron chi connectivity index (χ2n) is 19.1. The fourth-order valence-corrected chi connectivity index (χ4v) is 10.6. The van der Waals surface area contributed by atoms with Crippen LogP contribution in [0, 0.1) is 11.8 Å². The van der Waals surface area contributed by atoms with E-state index in [1.165, 1.54) is 29.4 Å². The maximum atomic E-state index is 13.8. The van der Waals surface area contributed by atoms with Crippen LogP contribution in [0.3, 0.4) is 0 Å². The Balaban J connectivity index is 0.900. The number of carbonyl (C=O) groups excluding carboxylic acids is 4. The summed E-state index contributed by atoms with van der Waals surface area (Å²) in [6.07, 6.45) is 12.3. The molecule has 2 bridgehead atoms. The molecule has 2 saturated heterocycles. The largest absolute Gasteiger partial charge is 0.453 e. The first kappa shape index (κ1) is 45.5. The van der Waals surface area contributed by atoms with Crippen LogP contribution in [0.2, 0.25) is 0 Å². The quantitative estimate of drug-likeness (QED) is 0.0797. The first-order chi connectivity index (χ1) is 32.4. The molecule has 2 aliphatic heterocycles. The van der Waals surface area contributed by atoms with E-state index >= 15 is 0 Å². The molecule has 67 heavy (non-hydrogen) atoms. The molecule has 2 unspecified atom stereocenters. The van der Waals surface area contributed by atoms with Gasteiger partial charge in [0.15, 0.2) is 0 Å². The number of hydrogen-bond acceptors (Lipinski definition) is 8. The average Bonchev–Trinajstić information content (AvgIpc) is 4.21. The molecule has 14 nitrogen and oxygen atoms in total. The third kappa shape index (κ3) is 8.97. The highest BCUT2D eigenvalue weighted by atomic mass is 16.5. The van der Waals surface area contributed by atoms with Crippen molar-refractivity contribution in [3.63, 3.8) is 0 Å². The molecule has 2 fully saturated rings. The summed E-state index contributed by atoms with van der Waals surface area (Å²) in [7, 11) is 1.30. The molecule has 0 saturated carbocycles. The molecular formula is C53H62N8O6. The SMILES string of the molecule is CCCOC(=O)N[C@H](C(=O)N1CCC[C@H]1c1ncc(-c2ccc(-c3ccc(-c4ccc(-c5cnc([C@@H]6CCCN6C(=O)[C@@H](NC(=O)OC)C(C)C)[nH]5)cc4)c4c3C3C=CC4C3)cc2)[nH]1)C(C)C. The van der Waals surface area contributed by atoms with Gasteiger partial charge in [0.2, 0.25) is 11.8 Å². The minimum atomic E-state index is -0.687. The first-order valence-electron chi connectivity index (χ1n) is 24.0. The minimum absolute atomic E-state index is 0.104. The van der Waals surface area contributed by atoms with Gasteiger partial charge in [-0.1, -0.05) is 107 Å². The number of nitrogens with zero attached hydrogens (tertiary/aromatic N) is 4. The van der Waals surface area contributed by atoms with E-state index in [2.05, 4.69) is 93.4 Å². The summed E-state index contributed by atoms with van der Waals surface area (Å²) in [5, 5.41) is 5.53. The standard InChI is InChI=1S/C53H62N8O6/c1-7-26-67-53(65)59-47(31(4)5)51(63)61-25-9-11-43(61)49-55-29-41(57-49)35-18-14-33(15-19-35)39-23-22-38(44-36-20-21-37(27-36)45(39)44)32-12-16-34(17-13-32)40-28-54-48(56-40)42-10-8-24-60(42)50(62)46(30(2)3)58-52(64)66-6/h12-23,28-31,36-37,42-43,46-47H,7-11,24-27H2,1-6H3,(H,54,56)(H,55,57)(H,58,64)(H,59,65)/t36?,37?,42-,43-,46-,47-/m0/s1. The van der Waals surface area contributed by atoms with Gasteiger partial charge in [0.25, 0.3) is 0 Å². The highest BCUT2D eigenvalue weighted by molar-refractivity contribution is 5.88. The monoisotopic (exact) mass is 906 g/mol. The van der Waals surface area contributed by atoms with Crippen LogP contribution in [-0.2, 0) is 19.1 Å². The summed E-state index contributed by atoms with van der Waals surface area (Å²) >= 11 is 0. The van der Waals surface area contributed by atoms with Gasteiger partial charge in [-0.3, -0.25) is 9.59 Å². The number of ether oxygens (including phenoxy) is 2. The minimum Gasteiger partial charge on any atom is -0.453 e. The van der Waals surface area contributed by atoms with Crippen LogP contribution in [-0.4, -0.2) is 92.6 Å². The Bertz CT molecular complexity index is 2650. The van der Waals surface area contributed by atoms with Crippen molar-refractivity contribution in [2.24, 2.45) is 11.8 Å². The summed E-state index contributed by atoms with van der Waals surface area (Å²) in [5.74, 6) is 1.77. The van der Waals surface area contributed by atoms with E-state index in [1.54, 1.807) is 0 Å². The number of amides is 4. The number of alkyl carbamates (subject to hydrolysis) is 2. The third-order valence-electron chi connectivity index (χ3n) is 14.1. The number of methoxy groups -OCH3 is 1. The number of H-pyrrole nitrogens is 2. The van der Waals surface area contributed by atoms with E-state index in [-0.39, 0.29) is 35.7 Å². The molecule has 4 amide bonds. The summed E-state index contributed by atoms with van der Waals surface area (Å²) in [5.41, 5.74) is 11.4. The number of aromatic nitrogens is 4. The van der Waals surface area contributed by atoms with Crippen LogP contribution in [0.5, 0.6) is 0 Å². The molecule has 2 aliphatic carbocycles. The van der Waals surface area contributed by atoms with Crippen LogP contribution >= 0.6 is 0 Å². The fraction of sp³-hybridized carbons (Fsp3) is 0.434. The third-order valence-corrected chi connectivity index (χ3v) is 14.1. The second-order valence-corrected chi connectivity index (χ2v) is 19.1. The number of aromatic amines is 2. The van der Waals surface area contributed by atoms with Gasteiger partial charge >= 0.3 is 12.2 Å². The summed E-state index contributed by atoms with van der Waals surface area (Å²) < 4.78 is 10.0. The molecule has 4 aliphatic rings. The first-order valence-corrected chi connectivity index (χ1v) is 24.0. The van der Waals surface area contributed by atoms with Crippen molar-refractivity contribution < 1.29 is 28.7 Å². The lowest BCUT2D eigenvalue weighted by molar-refractivity contribution is -0.136. The van der Waals surface area contributed by atoms with Crippen molar-refractivity contribution >= 4 is 24.0 Å². The predicted octanol–water partition coefficient (Wildman–Crippen LogP) is 9.81. The zero-order valence-electron chi connectivity index (χ0n) is 39.3. The van der Waals surface area contributed by atoms with Crippen LogP contribution in [0.4, 0.5) is 9.59 Å². The summed E-state index contributed by atoms with van der Waals surface area (Å²) in [6, 6.07) is 20.1. The molecule has 14 heteroatoms. The molecule has 4 heterocycles. The highest BCUT2D eigenvalue weighted by Gasteiger charge is 2.40. The van der Waals surface area contributed by atoms with E-state index in [0.29, 0.717) is 38.0 Å². The van der Waals surface area contributed by atoms with Crippen molar-refractivity contribution in [2.75, 3.05) is 26.8 Å². The zero-order chi connectivity index (χ0) is 46.9. The Morgan fingerprint density at radius 2 is 1.09 bits per heavy atom. The topological polar surface area (TPSA) is 175 Å². The highest BCUT2D eigenvalue weighted by Crippen LogP contribution is 2.55. The van der Waals surface area contributed by atoms with Gasteiger partial charge in [0.1, 0.15) is 23.7 Å². The van der Waals surface area contributed by atoms with Gasteiger partial charge < -0.3 is 39.9 Å². The number of fused-ring (bicyclic) bond motifs is 5. The fourth-order valence-electron chi connectivity index (χ4n) is 10.6. The maximum absolute atomic E-state index is 13.8. The average molecular weight is 907 g/mol. The lowest BCUT2D eigenvalue weighted by atomic mass is 9.84. The summed E-state index contributed by atoms with van der Waals surface area (Å²) in [4.78, 5) is 72.2. The van der Waals surface area contributed by atoms with E-state index in [9.17, 15) is 19.2 Å². The normalized spacial score (nSPS) is 20.4.